The second-order valence-electron chi connectivity index (χ2n) is 5.18. The first-order valence-corrected chi connectivity index (χ1v) is 7.93. The predicted octanol–water partition coefficient (Wildman–Crippen LogP) is 4.71. The molecule has 0 atom stereocenters. The third-order valence-electron chi connectivity index (χ3n) is 3.51. The zero-order chi connectivity index (χ0) is 15.0. The van der Waals surface area contributed by atoms with E-state index >= 15 is 0 Å². The molecule has 3 aromatic rings. The molecule has 0 fully saturated rings. The fraction of sp³-hybridized carbons (Fsp3) is 0.250. The van der Waals surface area contributed by atoms with E-state index in [1.165, 1.54) is 6.07 Å². The molecule has 0 radical (unpaired) electrons. The summed E-state index contributed by atoms with van der Waals surface area (Å²) in [6, 6.07) is 10.9. The van der Waals surface area contributed by atoms with Crippen LogP contribution in [0.15, 0.2) is 36.4 Å². The van der Waals surface area contributed by atoms with Gasteiger partial charge in [0.25, 0.3) is 0 Å². The van der Waals surface area contributed by atoms with Crippen LogP contribution in [-0.4, -0.2) is 14.8 Å². The van der Waals surface area contributed by atoms with Crippen LogP contribution in [0.5, 0.6) is 0 Å². The molecule has 21 heavy (non-hydrogen) atoms. The van der Waals surface area contributed by atoms with Crippen LogP contribution in [0.2, 0.25) is 0 Å². The number of aromatic nitrogens is 3. The van der Waals surface area contributed by atoms with Crippen molar-refractivity contribution in [3.8, 4) is 11.4 Å². The lowest BCUT2D eigenvalue weighted by Crippen LogP contribution is -2.07. The van der Waals surface area contributed by atoms with Gasteiger partial charge in [-0.3, -0.25) is 0 Å². The molecule has 1 aromatic heterocycles. The van der Waals surface area contributed by atoms with Gasteiger partial charge in [-0.25, -0.2) is 4.39 Å². The van der Waals surface area contributed by atoms with Crippen LogP contribution in [-0.2, 0) is 5.33 Å². The Morgan fingerprint density at radius 3 is 2.48 bits per heavy atom. The highest BCUT2D eigenvalue weighted by molar-refractivity contribution is 9.08. The molecule has 0 spiro atoms. The Morgan fingerprint density at radius 2 is 1.81 bits per heavy atom. The monoisotopic (exact) mass is 347 g/mol. The molecule has 5 heteroatoms. The maximum absolute atomic E-state index is 14.0. The summed E-state index contributed by atoms with van der Waals surface area (Å²) >= 11 is 3.44. The third kappa shape index (κ3) is 2.35. The normalized spacial score (nSPS) is 11.5. The van der Waals surface area contributed by atoms with E-state index in [4.69, 9.17) is 0 Å². The minimum Gasteiger partial charge on any atom is -0.308 e. The number of alkyl halides is 1. The van der Waals surface area contributed by atoms with Gasteiger partial charge in [-0.05, 0) is 31.4 Å². The van der Waals surface area contributed by atoms with Crippen molar-refractivity contribution in [2.45, 2.75) is 25.2 Å². The number of fused-ring (bicyclic) bond motifs is 1. The van der Waals surface area contributed by atoms with E-state index in [9.17, 15) is 4.39 Å². The predicted molar refractivity (Wildman–Crippen MR) is 85.9 cm³/mol. The first-order chi connectivity index (χ1) is 10.1. The van der Waals surface area contributed by atoms with Gasteiger partial charge in [0.1, 0.15) is 11.6 Å². The molecule has 0 amide bonds. The molecule has 3 rings (SSSR count). The number of halogens is 2. The topological polar surface area (TPSA) is 30.7 Å². The molecule has 1 heterocycles. The Balaban J connectivity index is 2.32. The Labute approximate surface area is 130 Å². The smallest absolute Gasteiger partial charge is 0.164 e. The average molecular weight is 348 g/mol. The van der Waals surface area contributed by atoms with Crippen molar-refractivity contribution in [2.24, 2.45) is 0 Å². The summed E-state index contributed by atoms with van der Waals surface area (Å²) in [7, 11) is 0. The maximum Gasteiger partial charge on any atom is 0.164 e. The lowest BCUT2D eigenvalue weighted by atomic mass is 10.0. The van der Waals surface area contributed by atoms with E-state index in [1.54, 1.807) is 12.1 Å². The lowest BCUT2D eigenvalue weighted by molar-refractivity contribution is 0.586. The molecule has 0 saturated heterocycles. The summed E-state index contributed by atoms with van der Waals surface area (Å²) < 4.78 is 16.0. The van der Waals surface area contributed by atoms with Gasteiger partial charge in [-0.1, -0.05) is 40.2 Å². The van der Waals surface area contributed by atoms with Crippen LogP contribution in [0.1, 0.15) is 25.7 Å². The second kappa shape index (κ2) is 5.56. The Bertz CT molecular complexity index is 795. The van der Waals surface area contributed by atoms with Crippen molar-refractivity contribution >= 4 is 26.7 Å². The van der Waals surface area contributed by atoms with Crippen LogP contribution >= 0.6 is 15.9 Å². The largest absolute Gasteiger partial charge is 0.308 e. The molecular formula is C16H15BrFN3. The number of rotatable bonds is 3. The van der Waals surface area contributed by atoms with Gasteiger partial charge in [0.15, 0.2) is 5.82 Å². The molecule has 0 aliphatic rings. The molecule has 3 nitrogen and oxygen atoms in total. The van der Waals surface area contributed by atoms with E-state index in [-0.39, 0.29) is 11.9 Å². The van der Waals surface area contributed by atoms with E-state index in [1.807, 2.05) is 18.2 Å². The number of nitrogens with zero attached hydrogens (tertiary/aromatic N) is 3. The summed E-state index contributed by atoms with van der Waals surface area (Å²) in [6.45, 7) is 4.18. The van der Waals surface area contributed by atoms with Gasteiger partial charge < -0.3 is 4.57 Å². The van der Waals surface area contributed by atoms with Gasteiger partial charge in [-0.2, -0.15) is 0 Å². The van der Waals surface area contributed by atoms with Crippen LogP contribution in [0.3, 0.4) is 0 Å². The molecule has 0 aliphatic carbocycles. The van der Waals surface area contributed by atoms with Crippen molar-refractivity contribution in [2.75, 3.05) is 0 Å². The van der Waals surface area contributed by atoms with Crippen molar-refractivity contribution in [1.82, 2.24) is 14.8 Å². The van der Waals surface area contributed by atoms with Gasteiger partial charge in [0.05, 0.1) is 5.33 Å². The quantitative estimate of drug-likeness (QED) is 0.642. The third-order valence-corrected chi connectivity index (χ3v) is 4.02. The van der Waals surface area contributed by atoms with E-state index in [0.717, 1.165) is 22.6 Å². The molecule has 108 valence electrons. The minimum atomic E-state index is -0.217. The summed E-state index contributed by atoms with van der Waals surface area (Å²) in [5.41, 5.74) is 0.903. The van der Waals surface area contributed by atoms with Crippen molar-refractivity contribution in [1.29, 1.82) is 0 Å². The van der Waals surface area contributed by atoms with Crippen LogP contribution in [0.25, 0.3) is 22.2 Å². The van der Waals surface area contributed by atoms with Gasteiger partial charge in [0, 0.05) is 17.0 Å². The SMILES string of the molecule is CC(C)n1c(CBr)nnc1-c1ccc(F)c2ccccc12. The summed E-state index contributed by atoms with van der Waals surface area (Å²) in [5, 5.41) is 10.6. The summed E-state index contributed by atoms with van der Waals surface area (Å²) in [5.74, 6) is 1.43. The first kappa shape index (κ1) is 14.2. The highest BCUT2D eigenvalue weighted by Crippen LogP contribution is 2.31. The first-order valence-electron chi connectivity index (χ1n) is 6.81. The minimum absolute atomic E-state index is 0.217. The number of hydrogen-bond acceptors (Lipinski definition) is 2. The Morgan fingerprint density at radius 1 is 1.10 bits per heavy atom. The lowest BCUT2D eigenvalue weighted by Gasteiger charge is -2.14. The Hall–Kier alpha value is -1.75. The zero-order valence-corrected chi connectivity index (χ0v) is 13.4. The fourth-order valence-corrected chi connectivity index (χ4v) is 2.98. The molecular weight excluding hydrogens is 333 g/mol. The van der Waals surface area contributed by atoms with Crippen molar-refractivity contribution in [3.05, 3.63) is 48.0 Å². The Kier molecular flexibility index (Phi) is 3.76. The van der Waals surface area contributed by atoms with Crippen molar-refractivity contribution < 1.29 is 4.39 Å². The number of benzene rings is 2. The molecule has 0 N–H and O–H groups in total. The van der Waals surface area contributed by atoms with Crippen LogP contribution in [0.4, 0.5) is 4.39 Å². The van der Waals surface area contributed by atoms with E-state index < -0.39 is 0 Å². The second-order valence-corrected chi connectivity index (χ2v) is 5.74. The highest BCUT2D eigenvalue weighted by Gasteiger charge is 2.18. The molecule has 0 bridgehead atoms. The summed E-state index contributed by atoms with van der Waals surface area (Å²) in [4.78, 5) is 0. The van der Waals surface area contributed by atoms with Crippen molar-refractivity contribution in [3.63, 3.8) is 0 Å². The fourth-order valence-electron chi connectivity index (χ4n) is 2.60. The zero-order valence-electron chi connectivity index (χ0n) is 11.8. The van der Waals surface area contributed by atoms with Gasteiger partial charge >= 0.3 is 0 Å². The highest BCUT2D eigenvalue weighted by atomic mass is 79.9. The molecule has 2 aromatic carbocycles. The molecule has 0 saturated carbocycles. The van der Waals surface area contributed by atoms with Crippen LogP contribution in [0, 0.1) is 5.82 Å². The summed E-state index contributed by atoms with van der Waals surface area (Å²) in [6.07, 6.45) is 0. The standard InChI is InChI=1S/C16H15BrFN3/c1-10(2)21-15(9-17)19-20-16(21)13-7-8-14(18)12-6-4-3-5-11(12)13/h3-8,10H,9H2,1-2H3. The maximum atomic E-state index is 14.0. The molecule has 0 aliphatic heterocycles. The average Bonchev–Trinajstić information content (AvgIpc) is 2.92. The number of hydrogen-bond donors (Lipinski definition) is 0. The van der Waals surface area contributed by atoms with E-state index in [0.29, 0.717) is 10.7 Å². The van der Waals surface area contributed by atoms with Crippen LogP contribution < -0.4 is 0 Å². The van der Waals surface area contributed by atoms with E-state index in [2.05, 4.69) is 44.5 Å². The molecule has 0 unspecified atom stereocenters. The van der Waals surface area contributed by atoms with Gasteiger partial charge in [0.2, 0.25) is 0 Å². The van der Waals surface area contributed by atoms with Gasteiger partial charge in [-0.15, -0.1) is 10.2 Å².